The summed E-state index contributed by atoms with van der Waals surface area (Å²) in [5, 5.41) is 0. The van der Waals surface area contributed by atoms with Gasteiger partial charge in [0.2, 0.25) is 0 Å². The Kier molecular flexibility index (Phi) is 2.80. The number of para-hydroxylation sites is 2. The summed E-state index contributed by atoms with van der Waals surface area (Å²) in [6.07, 6.45) is -0.792. The minimum Gasteiger partial charge on any atom is -0.483 e. The molecule has 3 atom stereocenters. The molecule has 15 heavy (non-hydrogen) atoms. The smallest absolute Gasteiger partial charge is 0.161 e. The molecule has 1 aliphatic heterocycles. The van der Waals surface area contributed by atoms with Crippen LogP contribution in [0.1, 0.15) is 20.3 Å². The first-order valence-electron chi connectivity index (χ1n) is 5.23. The molecule has 3 unspecified atom stereocenters. The molecular weight excluding hydrogens is 195 g/mol. The van der Waals surface area contributed by atoms with Crippen molar-refractivity contribution in [3.8, 4) is 11.5 Å². The molecule has 2 rings (SSSR count). The van der Waals surface area contributed by atoms with Gasteiger partial charge in [-0.1, -0.05) is 12.1 Å². The quantitative estimate of drug-likeness (QED) is 0.747. The van der Waals surface area contributed by atoms with Gasteiger partial charge in [0, 0.05) is 6.42 Å². The Hall–Kier alpha value is -1.25. The zero-order valence-electron chi connectivity index (χ0n) is 8.94. The van der Waals surface area contributed by atoms with E-state index in [-0.39, 0.29) is 12.2 Å². The van der Waals surface area contributed by atoms with E-state index < -0.39 is 6.17 Å². The largest absolute Gasteiger partial charge is 0.483 e. The second kappa shape index (κ2) is 4.09. The second-order valence-electron chi connectivity index (χ2n) is 3.94. The molecule has 1 aliphatic rings. The van der Waals surface area contributed by atoms with Crippen molar-refractivity contribution >= 4 is 0 Å². The molecule has 0 aliphatic carbocycles. The van der Waals surface area contributed by atoms with Crippen LogP contribution in [0.2, 0.25) is 0 Å². The van der Waals surface area contributed by atoms with Crippen LogP contribution in [0.15, 0.2) is 24.3 Å². The number of hydrogen-bond donors (Lipinski definition) is 0. The van der Waals surface area contributed by atoms with Gasteiger partial charge in [-0.2, -0.15) is 0 Å². The van der Waals surface area contributed by atoms with E-state index in [4.69, 9.17) is 9.47 Å². The maximum atomic E-state index is 12.9. The van der Waals surface area contributed by atoms with Crippen LogP contribution in [0.5, 0.6) is 11.5 Å². The van der Waals surface area contributed by atoms with Gasteiger partial charge in [0.15, 0.2) is 11.5 Å². The van der Waals surface area contributed by atoms with Crippen molar-refractivity contribution in [1.29, 1.82) is 0 Å². The SMILES string of the molecule is CC(F)CC1Oc2ccccc2OC1C. The molecule has 0 bridgehead atoms. The van der Waals surface area contributed by atoms with Crippen LogP contribution in [0.4, 0.5) is 4.39 Å². The molecule has 82 valence electrons. The predicted octanol–water partition coefficient (Wildman–Crippen LogP) is 2.96. The Labute approximate surface area is 89.0 Å². The van der Waals surface area contributed by atoms with Crippen molar-refractivity contribution in [2.75, 3.05) is 0 Å². The van der Waals surface area contributed by atoms with Gasteiger partial charge in [-0.25, -0.2) is 4.39 Å². The summed E-state index contributed by atoms with van der Waals surface area (Å²) in [6.45, 7) is 3.44. The van der Waals surface area contributed by atoms with Gasteiger partial charge in [-0.05, 0) is 26.0 Å². The Morgan fingerprint density at radius 2 is 1.87 bits per heavy atom. The first-order valence-corrected chi connectivity index (χ1v) is 5.23. The molecule has 0 spiro atoms. The van der Waals surface area contributed by atoms with Crippen molar-refractivity contribution in [3.05, 3.63) is 24.3 Å². The Morgan fingerprint density at radius 3 is 2.47 bits per heavy atom. The van der Waals surface area contributed by atoms with E-state index in [0.29, 0.717) is 12.2 Å². The minimum absolute atomic E-state index is 0.0990. The molecule has 0 fully saturated rings. The molecular formula is C12H15FO2. The maximum Gasteiger partial charge on any atom is 0.161 e. The molecule has 3 heteroatoms. The molecule has 2 nitrogen and oxygen atoms in total. The van der Waals surface area contributed by atoms with E-state index in [1.54, 1.807) is 0 Å². The lowest BCUT2D eigenvalue weighted by atomic mass is 10.1. The number of fused-ring (bicyclic) bond motifs is 1. The lowest BCUT2D eigenvalue weighted by molar-refractivity contribution is 0.0148. The van der Waals surface area contributed by atoms with Crippen molar-refractivity contribution in [2.24, 2.45) is 0 Å². The predicted molar refractivity (Wildman–Crippen MR) is 56.1 cm³/mol. The third-order valence-electron chi connectivity index (χ3n) is 2.52. The normalized spacial score (nSPS) is 26.1. The van der Waals surface area contributed by atoms with Crippen LogP contribution >= 0.6 is 0 Å². The first kappa shape index (κ1) is 10.3. The topological polar surface area (TPSA) is 18.5 Å². The van der Waals surface area contributed by atoms with E-state index in [1.807, 2.05) is 31.2 Å². The number of benzene rings is 1. The average molecular weight is 210 g/mol. The van der Waals surface area contributed by atoms with E-state index in [9.17, 15) is 4.39 Å². The number of hydrogen-bond acceptors (Lipinski definition) is 2. The number of ether oxygens (including phenoxy) is 2. The Morgan fingerprint density at radius 1 is 1.27 bits per heavy atom. The molecule has 0 amide bonds. The zero-order chi connectivity index (χ0) is 10.8. The third kappa shape index (κ3) is 2.22. The summed E-state index contributed by atoms with van der Waals surface area (Å²) in [6, 6.07) is 7.49. The summed E-state index contributed by atoms with van der Waals surface area (Å²) in [4.78, 5) is 0. The van der Waals surface area contributed by atoms with Crippen LogP contribution < -0.4 is 9.47 Å². The summed E-state index contributed by atoms with van der Waals surface area (Å²) in [7, 11) is 0. The molecule has 1 heterocycles. The van der Waals surface area contributed by atoms with Crippen LogP contribution in [-0.4, -0.2) is 18.4 Å². The lowest BCUT2D eigenvalue weighted by Gasteiger charge is -2.32. The fraction of sp³-hybridized carbons (Fsp3) is 0.500. The van der Waals surface area contributed by atoms with E-state index in [1.165, 1.54) is 6.92 Å². The van der Waals surface area contributed by atoms with E-state index in [0.717, 1.165) is 5.75 Å². The average Bonchev–Trinajstić information content (AvgIpc) is 2.18. The fourth-order valence-corrected chi connectivity index (χ4v) is 1.74. The lowest BCUT2D eigenvalue weighted by Crippen LogP contribution is -2.39. The van der Waals surface area contributed by atoms with Crippen LogP contribution in [0.3, 0.4) is 0 Å². The third-order valence-corrected chi connectivity index (χ3v) is 2.52. The Bertz CT molecular complexity index is 338. The number of halogens is 1. The minimum atomic E-state index is -0.869. The van der Waals surface area contributed by atoms with Gasteiger partial charge >= 0.3 is 0 Å². The molecule has 1 aromatic carbocycles. The van der Waals surface area contributed by atoms with Crippen LogP contribution in [0.25, 0.3) is 0 Å². The fourth-order valence-electron chi connectivity index (χ4n) is 1.74. The number of rotatable bonds is 2. The van der Waals surface area contributed by atoms with Gasteiger partial charge in [0.25, 0.3) is 0 Å². The van der Waals surface area contributed by atoms with Crippen molar-refractivity contribution in [2.45, 2.75) is 38.6 Å². The van der Waals surface area contributed by atoms with Gasteiger partial charge in [0.1, 0.15) is 18.4 Å². The highest BCUT2D eigenvalue weighted by molar-refractivity contribution is 5.41. The van der Waals surface area contributed by atoms with E-state index >= 15 is 0 Å². The van der Waals surface area contributed by atoms with Gasteiger partial charge in [-0.15, -0.1) is 0 Å². The van der Waals surface area contributed by atoms with Gasteiger partial charge in [0.05, 0.1) is 0 Å². The molecule has 0 radical (unpaired) electrons. The van der Waals surface area contributed by atoms with Gasteiger partial charge in [-0.3, -0.25) is 0 Å². The molecule has 1 aromatic rings. The molecule has 0 aromatic heterocycles. The summed E-state index contributed by atoms with van der Waals surface area (Å²) in [5.41, 5.74) is 0. The molecule has 0 saturated heterocycles. The first-order chi connectivity index (χ1) is 7.16. The molecule has 0 saturated carbocycles. The van der Waals surface area contributed by atoms with Crippen molar-refractivity contribution in [3.63, 3.8) is 0 Å². The second-order valence-corrected chi connectivity index (χ2v) is 3.94. The van der Waals surface area contributed by atoms with Crippen LogP contribution in [-0.2, 0) is 0 Å². The Balaban J connectivity index is 2.14. The summed E-state index contributed by atoms with van der Waals surface area (Å²) >= 11 is 0. The summed E-state index contributed by atoms with van der Waals surface area (Å²) < 4.78 is 24.2. The molecule has 0 N–H and O–H groups in total. The maximum absolute atomic E-state index is 12.9. The zero-order valence-corrected chi connectivity index (χ0v) is 8.94. The summed E-state index contributed by atoms with van der Waals surface area (Å²) in [5.74, 6) is 1.45. The number of alkyl halides is 1. The highest BCUT2D eigenvalue weighted by atomic mass is 19.1. The highest BCUT2D eigenvalue weighted by Gasteiger charge is 2.29. The van der Waals surface area contributed by atoms with Crippen molar-refractivity contribution < 1.29 is 13.9 Å². The van der Waals surface area contributed by atoms with Crippen LogP contribution in [0, 0.1) is 0 Å². The van der Waals surface area contributed by atoms with E-state index in [2.05, 4.69) is 0 Å². The van der Waals surface area contributed by atoms with Crippen molar-refractivity contribution in [1.82, 2.24) is 0 Å². The standard InChI is InChI=1S/C12H15FO2/c1-8(13)7-12-9(2)14-10-5-3-4-6-11(10)15-12/h3-6,8-9,12H,7H2,1-2H3. The monoisotopic (exact) mass is 210 g/mol. The van der Waals surface area contributed by atoms with Gasteiger partial charge < -0.3 is 9.47 Å². The highest BCUT2D eigenvalue weighted by Crippen LogP contribution is 2.34.